The fourth-order valence-corrected chi connectivity index (χ4v) is 2.70. The van der Waals surface area contributed by atoms with Crippen LogP contribution in [0.5, 0.6) is 5.75 Å². The van der Waals surface area contributed by atoms with E-state index in [1.54, 1.807) is 0 Å². The largest absolute Gasteiger partial charge is 0.429 e. The number of alkyl halides is 2. The van der Waals surface area contributed by atoms with E-state index in [-0.39, 0.29) is 22.3 Å². The van der Waals surface area contributed by atoms with Gasteiger partial charge >= 0.3 is 6.61 Å². The molecule has 1 radical (unpaired) electrons. The van der Waals surface area contributed by atoms with Crippen LogP contribution >= 0.6 is 0 Å². The molecular formula is C21H11F6O. The number of rotatable bonds is 5. The van der Waals surface area contributed by atoms with E-state index >= 15 is 0 Å². The molecule has 0 aliphatic rings. The second-order valence-electron chi connectivity index (χ2n) is 5.75. The summed E-state index contributed by atoms with van der Waals surface area (Å²) in [6.45, 7) is 1.90. The highest BCUT2D eigenvalue weighted by Crippen LogP contribution is 2.33. The highest BCUT2D eigenvalue weighted by molar-refractivity contribution is 5.72. The highest BCUT2D eigenvalue weighted by atomic mass is 19.3. The van der Waals surface area contributed by atoms with Crippen molar-refractivity contribution in [2.45, 2.75) is 6.61 Å². The van der Waals surface area contributed by atoms with Crippen LogP contribution < -0.4 is 4.74 Å². The molecule has 0 bridgehead atoms. The van der Waals surface area contributed by atoms with E-state index in [1.165, 1.54) is 36.4 Å². The first-order chi connectivity index (χ1) is 13.3. The van der Waals surface area contributed by atoms with Gasteiger partial charge in [0.15, 0.2) is 17.4 Å². The summed E-state index contributed by atoms with van der Waals surface area (Å²) >= 11 is 0. The monoisotopic (exact) mass is 393 g/mol. The van der Waals surface area contributed by atoms with Crippen LogP contribution in [-0.2, 0) is 0 Å². The normalized spacial score (nSPS) is 11.0. The summed E-state index contributed by atoms with van der Waals surface area (Å²) in [7, 11) is 0. The van der Waals surface area contributed by atoms with Gasteiger partial charge < -0.3 is 4.74 Å². The molecule has 0 aromatic heterocycles. The summed E-state index contributed by atoms with van der Waals surface area (Å²) in [6, 6.07) is 9.04. The molecular weight excluding hydrogens is 382 g/mol. The Morgan fingerprint density at radius 2 is 1.25 bits per heavy atom. The summed E-state index contributed by atoms with van der Waals surface area (Å²) in [5.74, 6) is -5.57. The highest BCUT2D eigenvalue weighted by Gasteiger charge is 2.19. The van der Waals surface area contributed by atoms with Crippen molar-refractivity contribution >= 4 is 6.08 Å². The second kappa shape index (κ2) is 7.80. The van der Waals surface area contributed by atoms with Gasteiger partial charge in [-0.15, -0.1) is 0 Å². The lowest BCUT2D eigenvalue weighted by Crippen LogP contribution is -2.06. The Bertz CT molecular complexity index is 1020. The zero-order valence-electron chi connectivity index (χ0n) is 14.0. The maximum absolute atomic E-state index is 14.5. The van der Waals surface area contributed by atoms with Gasteiger partial charge in [0.2, 0.25) is 0 Å². The van der Waals surface area contributed by atoms with Gasteiger partial charge in [-0.1, -0.05) is 36.9 Å². The van der Waals surface area contributed by atoms with Gasteiger partial charge in [0.25, 0.3) is 0 Å². The van der Waals surface area contributed by atoms with Crippen LogP contribution in [0.1, 0.15) is 5.56 Å². The minimum atomic E-state index is -3.41. The molecule has 0 aliphatic heterocycles. The Balaban J connectivity index is 2.00. The van der Waals surface area contributed by atoms with Gasteiger partial charge in [0.1, 0.15) is 11.6 Å². The Labute approximate surface area is 156 Å². The molecule has 0 N–H and O–H groups in total. The molecule has 1 nitrogen and oxygen atoms in total. The molecule has 0 saturated heterocycles. The zero-order chi connectivity index (χ0) is 20.4. The lowest BCUT2D eigenvalue weighted by Gasteiger charge is -2.11. The van der Waals surface area contributed by atoms with E-state index in [1.807, 2.05) is 0 Å². The smallest absolute Gasteiger partial charge is 0.387 e. The first-order valence-corrected chi connectivity index (χ1v) is 7.88. The topological polar surface area (TPSA) is 9.23 Å². The Kier molecular flexibility index (Phi) is 5.44. The number of hydrogen-bond donors (Lipinski definition) is 0. The number of ether oxygens (including phenoxy) is 1. The molecule has 28 heavy (non-hydrogen) atoms. The standard InChI is InChI=1S/C21H11F6O/c1-2-11-3-5-14(16(22)7-11)12-4-6-15(17(23)8-12)13-9-18(24)20(19(25)10-13)28-21(26)27/h1-10,21H. The predicted molar refractivity (Wildman–Crippen MR) is 92.5 cm³/mol. The Hall–Kier alpha value is -3.22. The van der Waals surface area contributed by atoms with Crippen LogP contribution in [0.2, 0.25) is 0 Å². The van der Waals surface area contributed by atoms with Crippen LogP contribution in [0, 0.1) is 29.8 Å². The average Bonchev–Trinajstić information content (AvgIpc) is 2.64. The van der Waals surface area contributed by atoms with Crippen molar-refractivity contribution in [3.05, 3.63) is 83.9 Å². The predicted octanol–water partition coefficient (Wildman–Crippen LogP) is 6.62. The molecule has 3 aromatic carbocycles. The quantitative estimate of drug-likeness (QED) is 0.443. The second-order valence-corrected chi connectivity index (χ2v) is 5.75. The fraction of sp³-hybridized carbons (Fsp3) is 0.0476. The average molecular weight is 393 g/mol. The Morgan fingerprint density at radius 1 is 0.714 bits per heavy atom. The zero-order valence-corrected chi connectivity index (χ0v) is 14.0. The summed E-state index contributed by atoms with van der Waals surface area (Å²) in [5.41, 5.74) is 0.317. The molecule has 143 valence electrons. The first kappa shape index (κ1) is 19.5. The van der Waals surface area contributed by atoms with Crippen molar-refractivity contribution in [1.29, 1.82) is 0 Å². The van der Waals surface area contributed by atoms with E-state index < -0.39 is 35.6 Å². The van der Waals surface area contributed by atoms with Crippen molar-refractivity contribution in [2.24, 2.45) is 0 Å². The van der Waals surface area contributed by atoms with Crippen molar-refractivity contribution < 1.29 is 31.1 Å². The maximum atomic E-state index is 14.5. The van der Waals surface area contributed by atoms with Crippen LogP contribution in [0.15, 0.2) is 48.5 Å². The molecule has 0 amide bonds. The lowest BCUT2D eigenvalue weighted by molar-refractivity contribution is -0.0546. The molecule has 0 unspecified atom stereocenters. The van der Waals surface area contributed by atoms with E-state index in [0.717, 1.165) is 6.07 Å². The van der Waals surface area contributed by atoms with Gasteiger partial charge in [-0.3, -0.25) is 0 Å². The molecule has 0 heterocycles. The molecule has 3 aromatic rings. The SMILES string of the molecule is [CH]=Cc1ccc(-c2ccc(-c3cc(F)c(OC(F)F)c(F)c3)c(F)c2)c(F)c1. The Morgan fingerprint density at radius 3 is 1.79 bits per heavy atom. The summed E-state index contributed by atoms with van der Waals surface area (Å²) in [5, 5.41) is 0. The minimum Gasteiger partial charge on any atom is -0.429 e. The number of hydrogen-bond acceptors (Lipinski definition) is 1. The van der Waals surface area contributed by atoms with Crippen LogP contribution in [0.4, 0.5) is 26.3 Å². The van der Waals surface area contributed by atoms with E-state index in [0.29, 0.717) is 17.7 Å². The number of halogens is 6. The van der Waals surface area contributed by atoms with Gasteiger partial charge in [-0.05, 0) is 41.0 Å². The maximum Gasteiger partial charge on any atom is 0.387 e. The molecule has 7 heteroatoms. The van der Waals surface area contributed by atoms with Crippen molar-refractivity contribution in [3.63, 3.8) is 0 Å². The van der Waals surface area contributed by atoms with Gasteiger partial charge in [0.05, 0.1) is 0 Å². The molecule has 3 rings (SSSR count). The first-order valence-electron chi connectivity index (χ1n) is 7.88. The third-order valence-electron chi connectivity index (χ3n) is 3.98. The van der Waals surface area contributed by atoms with Gasteiger partial charge in [-0.2, -0.15) is 8.78 Å². The van der Waals surface area contributed by atoms with E-state index in [2.05, 4.69) is 4.74 Å². The van der Waals surface area contributed by atoms with Gasteiger partial charge in [-0.25, -0.2) is 17.6 Å². The van der Waals surface area contributed by atoms with Crippen molar-refractivity contribution in [3.8, 4) is 28.0 Å². The third-order valence-corrected chi connectivity index (χ3v) is 3.98. The molecule has 0 saturated carbocycles. The molecule has 0 aliphatic carbocycles. The molecule has 0 spiro atoms. The summed E-state index contributed by atoms with van der Waals surface area (Å²) in [6.07, 6.45) is 1.21. The van der Waals surface area contributed by atoms with Crippen molar-refractivity contribution in [1.82, 2.24) is 0 Å². The van der Waals surface area contributed by atoms with Crippen LogP contribution in [0.25, 0.3) is 28.3 Å². The lowest BCUT2D eigenvalue weighted by atomic mass is 9.98. The molecule has 0 fully saturated rings. The molecule has 0 atom stereocenters. The summed E-state index contributed by atoms with van der Waals surface area (Å²) < 4.78 is 84.6. The van der Waals surface area contributed by atoms with Crippen LogP contribution in [0.3, 0.4) is 0 Å². The summed E-state index contributed by atoms with van der Waals surface area (Å²) in [4.78, 5) is 0. The minimum absolute atomic E-state index is 0.106. The van der Waals surface area contributed by atoms with Crippen molar-refractivity contribution in [2.75, 3.05) is 0 Å². The van der Waals surface area contributed by atoms with Gasteiger partial charge in [0, 0.05) is 11.1 Å². The number of benzene rings is 3. The van der Waals surface area contributed by atoms with E-state index in [4.69, 9.17) is 6.58 Å². The third kappa shape index (κ3) is 3.88. The fourth-order valence-electron chi connectivity index (χ4n) is 2.70. The van der Waals surface area contributed by atoms with E-state index in [9.17, 15) is 26.3 Å². The van der Waals surface area contributed by atoms with Crippen LogP contribution in [-0.4, -0.2) is 6.61 Å².